The van der Waals surface area contributed by atoms with Gasteiger partial charge >= 0.3 is 5.97 Å². The Balaban J connectivity index is 2.15. The van der Waals surface area contributed by atoms with Crippen LogP contribution in [0.1, 0.15) is 22.5 Å². The third-order valence-corrected chi connectivity index (χ3v) is 2.59. The minimum Gasteiger partial charge on any atom is -0.476 e. The fraction of sp³-hybridized carbons (Fsp3) is 0.231. The topological polar surface area (TPSA) is 83.6 Å². The second-order valence-electron chi connectivity index (χ2n) is 3.91. The number of hydrogen-bond acceptors (Lipinski definition) is 4. The monoisotopic (exact) mass is 247 g/mol. The molecule has 0 bridgehead atoms. The van der Waals surface area contributed by atoms with Crippen LogP contribution in [0.25, 0.3) is 11.3 Å². The summed E-state index contributed by atoms with van der Waals surface area (Å²) in [4.78, 5) is 10.7. The number of carboxylic acids is 1. The van der Waals surface area contributed by atoms with E-state index in [9.17, 15) is 4.79 Å². The van der Waals surface area contributed by atoms with E-state index in [4.69, 9.17) is 14.7 Å². The summed E-state index contributed by atoms with van der Waals surface area (Å²) in [7, 11) is 0. The van der Waals surface area contributed by atoms with Gasteiger partial charge < -0.3 is 14.7 Å². The number of aliphatic hydroxyl groups excluding tert-OH is 1. The summed E-state index contributed by atoms with van der Waals surface area (Å²) in [5.74, 6) is -0.675. The normalized spacial score (nSPS) is 10.5. The number of nitrogens with zero attached hydrogens (tertiary/aromatic N) is 1. The van der Waals surface area contributed by atoms with Crippen LogP contribution in [0.15, 0.2) is 34.9 Å². The Morgan fingerprint density at radius 2 is 2.00 bits per heavy atom. The Kier molecular flexibility index (Phi) is 3.74. The zero-order chi connectivity index (χ0) is 13.0. The molecule has 0 saturated heterocycles. The van der Waals surface area contributed by atoms with E-state index >= 15 is 0 Å². The standard InChI is InChI=1S/C13H13NO4/c15-7-1-2-9-3-5-10(6-4-9)12-8-11(13(16)17)14-18-12/h3-6,8,15H,1-2,7H2,(H,16,17). The largest absolute Gasteiger partial charge is 0.476 e. The highest BCUT2D eigenvalue weighted by molar-refractivity contribution is 5.86. The van der Waals surface area contributed by atoms with Gasteiger partial charge in [-0.1, -0.05) is 29.4 Å². The summed E-state index contributed by atoms with van der Waals surface area (Å²) in [6, 6.07) is 8.94. The number of rotatable bonds is 5. The Morgan fingerprint density at radius 1 is 1.28 bits per heavy atom. The maximum atomic E-state index is 10.7. The summed E-state index contributed by atoms with van der Waals surface area (Å²) in [5.41, 5.74) is 1.79. The highest BCUT2D eigenvalue weighted by Crippen LogP contribution is 2.21. The minimum atomic E-state index is -1.11. The van der Waals surface area contributed by atoms with Crippen LogP contribution in [0.2, 0.25) is 0 Å². The Morgan fingerprint density at radius 3 is 2.56 bits per heavy atom. The van der Waals surface area contributed by atoms with Crippen LogP contribution >= 0.6 is 0 Å². The molecular formula is C13H13NO4. The molecule has 0 spiro atoms. The van der Waals surface area contributed by atoms with Crippen molar-refractivity contribution in [1.29, 1.82) is 0 Å². The fourth-order valence-electron chi connectivity index (χ4n) is 1.63. The SMILES string of the molecule is O=C(O)c1cc(-c2ccc(CCCO)cc2)on1. The Labute approximate surface area is 104 Å². The van der Waals surface area contributed by atoms with Crippen molar-refractivity contribution in [3.05, 3.63) is 41.6 Å². The van der Waals surface area contributed by atoms with Gasteiger partial charge in [0.15, 0.2) is 11.5 Å². The number of carbonyl (C=O) groups is 1. The van der Waals surface area contributed by atoms with Gasteiger partial charge in [0.2, 0.25) is 0 Å². The molecule has 0 fully saturated rings. The first-order valence-corrected chi connectivity index (χ1v) is 5.61. The molecule has 0 atom stereocenters. The first-order chi connectivity index (χ1) is 8.70. The van der Waals surface area contributed by atoms with Gasteiger partial charge in [-0.15, -0.1) is 0 Å². The highest BCUT2D eigenvalue weighted by Gasteiger charge is 2.11. The molecule has 0 aliphatic heterocycles. The lowest BCUT2D eigenvalue weighted by Gasteiger charge is -2.00. The Hall–Kier alpha value is -2.14. The lowest BCUT2D eigenvalue weighted by molar-refractivity contribution is 0.0686. The third-order valence-electron chi connectivity index (χ3n) is 2.59. The number of aromatic carboxylic acids is 1. The number of aryl methyl sites for hydroxylation is 1. The molecule has 2 aromatic rings. The van der Waals surface area contributed by atoms with E-state index in [-0.39, 0.29) is 12.3 Å². The quantitative estimate of drug-likeness (QED) is 0.843. The second-order valence-corrected chi connectivity index (χ2v) is 3.91. The number of hydrogen-bond donors (Lipinski definition) is 2. The van der Waals surface area contributed by atoms with Gasteiger partial charge in [0.1, 0.15) is 0 Å². The highest BCUT2D eigenvalue weighted by atomic mass is 16.5. The number of aromatic nitrogens is 1. The van der Waals surface area contributed by atoms with Crippen LogP contribution in [0.3, 0.4) is 0 Å². The van der Waals surface area contributed by atoms with Crippen molar-refractivity contribution in [1.82, 2.24) is 5.16 Å². The van der Waals surface area contributed by atoms with Crippen molar-refractivity contribution in [2.24, 2.45) is 0 Å². The summed E-state index contributed by atoms with van der Waals surface area (Å²) in [6.45, 7) is 0.172. The number of benzene rings is 1. The maximum absolute atomic E-state index is 10.7. The Bertz CT molecular complexity index is 530. The predicted molar refractivity (Wildman–Crippen MR) is 64.3 cm³/mol. The molecule has 0 unspecified atom stereocenters. The van der Waals surface area contributed by atoms with Crippen LogP contribution in [0.5, 0.6) is 0 Å². The molecule has 5 nitrogen and oxygen atoms in total. The van der Waals surface area contributed by atoms with Crippen LogP contribution in [0.4, 0.5) is 0 Å². The lowest BCUT2D eigenvalue weighted by Crippen LogP contribution is -1.94. The van der Waals surface area contributed by atoms with E-state index in [1.165, 1.54) is 6.07 Å². The number of aliphatic hydroxyl groups is 1. The van der Waals surface area contributed by atoms with Gasteiger partial charge in [-0.2, -0.15) is 0 Å². The molecule has 2 rings (SSSR count). The zero-order valence-electron chi connectivity index (χ0n) is 9.67. The predicted octanol–water partition coefficient (Wildman–Crippen LogP) is 1.96. The summed E-state index contributed by atoms with van der Waals surface area (Å²) < 4.78 is 4.96. The van der Waals surface area contributed by atoms with Crippen LogP contribution in [-0.4, -0.2) is 27.9 Å². The molecule has 1 heterocycles. The lowest BCUT2D eigenvalue weighted by atomic mass is 10.1. The van der Waals surface area contributed by atoms with Crippen LogP contribution in [0, 0.1) is 0 Å². The molecular weight excluding hydrogens is 234 g/mol. The summed E-state index contributed by atoms with van der Waals surface area (Å²) >= 11 is 0. The molecule has 5 heteroatoms. The first kappa shape index (κ1) is 12.3. The van der Waals surface area contributed by atoms with Gasteiger partial charge in [-0.25, -0.2) is 4.79 Å². The average molecular weight is 247 g/mol. The molecule has 0 amide bonds. The smallest absolute Gasteiger partial charge is 0.358 e. The maximum Gasteiger partial charge on any atom is 0.358 e. The van der Waals surface area contributed by atoms with E-state index in [0.29, 0.717) is 5.76 Å². The summed E-state index contributed by atoms with van der Waals surface area (Å²) in [6.07, 6.45) is 1.54. The van der Waals surface area contributed by atoms with Gasteiger partial charge in [0.25, 0.3) is 0 Å². The minimum absolute atomic E-state index is 0.102. The van der Waals surface area contributed by atoms with Crippen molar-refractivity contribution in [2.75, 3.05) is 6.61 Å². The third kappa shape index (κ3) is 2.75. The van der Waals surface area contributed by atoms with Crippen molar-refractivity contribution in [2.45, 2.75) is 12.8 Å². The van der Waals surface area contributed by atoms with Crippen molar-refractivity contribution < 1.29 is 19.5 Å². The van der Waals surface area contributed by atoms with Crippen LogP contribution in [-0.2, 0) is 6.42 Å². The van der Waals surface area contributed by atoms with Crippen molar-refractivity contribution in [3.8, 4) is 11.3 Å². The average Bonchev–Trinajstić information content (AvgIpc) is 2.87. The first-order valence-electron chi connectivity index (χ1n) is 5.61. The molecule has 0 radical (unpaired) electrons. The van der Waals surface area contributed by atoms with E-state index in [0.717, 1.165) is 24.0 Å². The molecule has 0 aliphatic rings. The molecule has 2 N–H and O–H groups in total. The molecule has 0 saturated carbocycles. The van der Waals surface area contributed by atoms with E-state index < -0.39 is 5.97 Å². The zero-order valence-corrected chi connectivity index (χ0v) is 9.67. The second kappa shape index (κ2) is 5.46. The van der Waals surface area contributed by atoms with E-state index in [1.54, 1.807) is 0 Å². The molecule has 18 heavy (non-hydrogen) atoms. The summed E-state index contributed by atoms with van der Waals surface area (Å²) in [5, 5.41) is 20.9. The molecule has 0 aliphatic carbocycles. The van der Waals surface area contributed by atoms with Crippen LogP contribution < -0.4 is 0 Å². The molecule has 1 aromatic carbocycles. The molecule has 1 aromatic heterocycles. The van der Waals surface area contributed by atoms with Gasteiger partial charge in [0, 0.05) is 18.2 Å². The van der Waals surface area contributed by atoms with Gasteiger partial charge in [-0.3, -0.25) is 0 Å². The fourth-order valence-corrected chi connectivity index (χ4v) is 1.63. The molecule has 94 valence electrons. The van der Waals surface area contributed by atoms with Crippen molar-refractivity contribution in [3.63, 3.8) is 0 Å². The van der Waals surface area contributed by atoms with Gasteiger partial charge in [0.05, 0.1) is 0 Å². The van der Waals surface area contributed by atoms with Gasteiger partial charge in [-0.05, 0) is 18.4 Å². The van der Waals surface area contributed by atoms with E-state index in [2.05, 4.69) is 5.16 Å². The van der Waals surface area contributed by atoms with E-state index in [1.807, 2.05) is 24.3 Å². The number of carboxylic acid groups (broad SMARTS) is 1. The van der Waals surface area contributed by atoms with Crippen molar-refractivity contribution >= 4 is 5.97 Å².